The van der Waals surface area contributed by atoms with Crippen molar-refractivity contribution in [1.29, 1.82) is 0 Å². The minimum absolute atomic E-state index is 0.203. The highest BCUT2D eigenvalue weighted by atomic mass is 32.1. The molecule has 1 saturated heterocycles. The first kappa shape index (κ1) is 16.6. The smallest absolute Gasteiger partial charge is 0.123 e. The standard InChI is InChI=1S/C19H26N2OS/c1-13(2)15-4-6-16(7-5-15)19-20-18(12-23-19)11-21-9-8-17(10-21)14(3)22/h4-7,12-14,17,22H,8-11H2,1-3H3. The highest BCUT2D eigenvalue weighted by Gasteiger charge is 2.26. The minimum atomic E-state index is -0.203. The largest absolute Gasteiger partial charge is 0.393 e. The van der Waals surface area contributed by atoms with Gasteiger partial charge in [-0.3, -0.25) is 4.90 Å². The second kappa shape index (κ2) is 7.12. The zero-order valence-corrected chi connectivity index (χ0v) is 15.0. The summed E-state index contributed by atoms with van der Waals surface area (Å²) in [5.41, 5.74) is 3.71. The molecule has 1 N–H and O–H groups in total. The number of hydrogen-bond acceptors (Lipinski definition) is 4. The third-order valence-electron chi connectivity index (χ3n) is 4.75. The molecule has 0 saturated carbocycles. The lowest BCUT2D eigenvalue weighted by molar-refractivity contribution is 0.127. The molecule has 2 aromatic rings. The van der Waals surface area contributed by atoms with E-state index in [9.17, 15) is 5.11 Å². The van der Waals surface area contributed by atoms with Gasteiger partial charge in [0.1, 0.15) is 5.01 Å². The topological polar surface area (TPSA) is 36.4 Å². The molecule has 1 aromatic carbocycles. The van der Waals surface area contributed by atoms with Crippen molar-refractivity contribution in [2.45, 2.75) is 45.8 Å². The van der Waals surface area contributed by atoms with E-state index >= 15 is 0 Å². The Kier molecular flexibility index (Phi) is 5.14. The maximum absolute atomic E-state index is 9.71. The number of likely N-dealkylation sites (tertiary alicyclic amines) is 1. The lowest BCUT2D eigenvalue weighted by atomic mass is 10.0. The molecule has 0 aliphatic carbocycles. The number of aromatic nitrogens is 1. The van der Waals surface area contributed by atoms with E-state index in [1.807, 2.05) is 6.92 Å². The van der Waals surface area contributed by atoms with Crippen molar-refractivity contribution in [1.82, 2.24) is 9.88 Å². The van der Waals surface area contributed by atoms with Crippen LogP contribution in [-0.2, 0) is 6.54 Å². The predicted octanol–water partition coefficient (Wildman–Crippen LogP) is 4.14. The van der Waals surface area contributed by atoms with Gasteiger partial charge in [0, 0.05) is 24.0 Å². The monoisotopic (exact) mass is 330 g/mol. The summed E-state index contributed by atoms with van der Waals surface area (Å²) in [6.45, 7) is 9.26. The van der Waals surface area contributed by atoms with Gasteiger partial charge in [-0.05, 0) is 37.3 Å². The normalized spacial score (nSPS) is 20.3. The maximum Gasteiger partial charge on any atom is 0.123 e. The van der Waals surface area contributed by atoms with E-state index in [4.69, 9.17) is 4.98 Å². The van der Waals surface area contributed by atoms with Crippen LogP contribution < -0.4 is 0 Å². The van der Waals surface area contributed by atoms with Gasteiger partial charge in [0.05, 0.1) is 11.8 Å². The molecule has 1 aliphatic heterocycles. The SMILES string of the molecule is CC(C)c1ccc(-c2nc(CN3CCC(C(C)O)C3)cs2)cc1. The molecule has 4 heteroatoms. The zero-order valence-electron chi connectivity index (χ0n) is 14.2. The molecule has 0 radical (unpaired) electrons. The number of hydrogen-bond donors (Lipinski definition) is 1. The van der Waals surface area contributed by atoms with Crippen LogP contribution in [0.15, 0.2) is 29.6 Å². The van der Waals surface area contributed by atoms with E-state index < -0.39 is 0 Å². The van der Waals surface area contributed by atoms with Gasteiger partial charge in [0.2, 0.25) is 0 Å². The van der Waals surface area contributed by atoms with Crippen LogP contribution in [0.5, 0.6) is 0 Å². The van der Waals surface area contributed by atoms with Crippen LogP contribution in [-0.4, -0.2) is 34.2 Å². The molecular formula is C19H26N2OS. The Morgan fingerprint density at radius 3 is 2.61 bits per heavy atom. The molecule has 124 valence electrons. The second-order valence-electron chi connectivity index (χ2n) is 6.95. The maximum atomic E-state index is 9.71. The Morgan fingerprint density at radius 1 is 1.26 bits per heavy atom. The molecular weight excluding hydrogens is 304 g/mol. The first-order chi connectivity index (χ1) is 11.0. The molecule has 0 spiro atoms. The van der Waals surface area contributed by atoms with Crippen molar-refractivity contribution in [3.8, 4) is 10.6 Å². The second-order valence-corrected chi connectivity index (χ2v) is 7.80. The van der Waals surface area contributed by atoms with Crippen LogP contribution in [0.3, 0.4) is 0 Å². The van der Waals surface area contributed by atoms with Crippen LogP contribution in [0.25, 0.3) is 10.6 Å². The van der Waals surface area contributed by atoms with E-state index in [-0.39, 0.29) is 6.10 Å². The van der Waals surface area contributed by atoms with Gasteiger partial charge in [-0.2, -0.15) is 0 Å². The third-order valence-corrected chi connectivity index (χ3v) is 5.69. The number of aliphatic hydroxyl groups is 1. The van der Waals surface area contributed by atoms with Gasteiger partial charge in [0.25, 0.3) is 0 Å². The van der Waals surface area contributed by atoms with Crippen LogP contribution in [0.4, 0.5) is 0 Å². The average Bonchev–Trinajstić information content (AvgIpc) is 3.17. The van der Waals surface area contributed by atoms with Crippen LogP contribution in [0.2, 0.25) is 0 Å². The summed E-state index contributed by atoms with van der Waals surface area (Å²) in [6.07, 6.45) is 0.885. The molecule has 2 unspecified atom stereocenters. The summed E-state index contributed by atoms with van der Waals surface area (Å²) in [5.74, 6) is 0.976. The van der Waals surface area contributed by atoms with Crippen LogP contribution >= 0.6 is 11.3 Å². The minimum Gasteiger partial charge on any atom is -0.393 e. The van der Waals surface area contributed by atoms with Crippen molar-refractivity contribution >= 4 is 11.3 Å². The zero-order chi connectivity index (χ0) is 16.4. The molecule has 2 atom stereocenters. The number of benzene rings is 1. The molecule has 2 heterocycles. The summed E-state index contributed by atoms with van der Waals surface area (Å²) >= 11 is 1.72. The molecule has 0 amide bonds. The molecule has 23 heavy (non-hydrogen) atoms. The van der Waals surface area contributed by atoms with Gasteiger partial charge in [-0.15, -0.1) is 11.3 Å². The van der Waals surface area contributed by atoms with Gasteiger partial charge in [-0.25, -0.2) is 4.98 Å². The Bertz CT molecular complexity index is 633. The van der Waals surface area contributed by atoms with Crippen LogP contribution in [0, 0.1) is 5.92 Å². The lowest BCUT2D eigenvalue weighted by Gasteiger charge is -2.16. The van der Waals surface area contributed by atoms with Gasteiger partial charge in [0.15, 0.2) is 0 Å². The van der Waals surface area contributed by atoms with E-state index in [0.29, 0.717) is 11.8 Å². The molecule has 3 nitrogen and oxygen atoms in total. The van der Waals surface area contributed by atoms with Crippen molar-refractivity contribution in [2.24, 2.45) is 5.92 Å². The third kappa shape index (κ3) is 4.00. The Labute approximate surface area is 143 Å². The highest BCUT2D eigenvalue weighted by molar-refractivity contribution is 7.13. The summed E-state index contributed by atoms with van der Waals surface area (Å²) in [4.78, 5) is 7.20. The van der Waals surface area contributed by atoms with Crippen molar-refractivity contribution in [3.63, 3.8) is 0 Å². The lowest BCUT2D eigenvalue weighted by Crippen LogP contribution is -2.24. The van der Waals surface area contributed by atoms with Gasteiger partial charge >= 0.3 is 0 Å². The van der Waals surface area contributed by atoms with Crippen molar-refractivity contribution < 1.29 is 5.11 Å². The van der Waals surface area contributed by atoms with E-state index in [1.165, 1.54) is 11.1 Å². The fourth-order valence-corrected chi connectivity index (χ4v) is 3.97. The quantitative estimate of drug-likeness (QED) is 0.895. The Hall–Kier alpha value is -1.23. The summed E-state index contributed by atoms with van der Waals surface area (Å²) in [6, 6.07) is 8.76. The molecule has 1 aliphatic rings. The average molecular weight is 330 g/mol. The van der Waals surface area contributed by atoms with E-state index in [1.54, 1.807) is 11.3 Å². The summed E-state index contributed by atoms with van der Waals surface area (Å²) in [5, 5.41) is 13.0. The molecule has 1 fully saturated rings. The first-order valence-electron chi connectivity index (χ1n) is 8.48. The fraction of sp³-hybridized carbons (Fsp3) is 0.526. The van der Waals surface area contributed by atoms with Crippen molar-refractivity contribution in [3.05, 3.63) is 40.9 Å². The Balaban J connectivity index is 1.64. The van der Waals surface area contributed by atoms with E-state index in [2.05, 4.69) is 48.4 Å². The number of thiazole rings is 1. The fourth-order valence-electron chi connectivity index (χ4n) is 3.15. The molecule has 3 rings (SSSR count). The summed E-state index contributed by atoms with van der Waals surface area (Å²) < 4.78 is 0. The van der Waals surface area contributed by atoms with Gasteiger partial charge in [-0.1, -0.05) is 38.1 Å². The predicted molar refractivity (Wildman–Crippen MR) is 96.7 cm³/mol. The number of rotatable bonds is 5. The Morgan fingerprint density at radius 2 is 2.00 bits per heavy atom. The number of aliphatic hydroxyl groups excluding tert-OH is 1. The molecule has 1 aromatic heterocycles. The van der Waals surface area contributed by atoms with Crippen molar-refractivity contribution in [2.75, 3.05) is 13.1 Å². The van der Waals surface area contributed by atoms with E-state index in [0.717, 1.165) is 36.8 Å². The first-order valence-corrected chi connectivity index (χ1v) is 9.36. The van der Waals surface area contributed by atoms with Gasteiger partial charge < -0.3 is 5.11 Å². The summed E-state index contributed by atoms with van der Waals surface area (Å²) in [7, 11) is 0. The van der Waals surface area contributed by atoms with Crippen LogP contribution in [0.1, 0.15) is 44.4 Å². The number of nitrogens with zero attached hydrogens (tertiary/aromatic N) is 2. The molecule has 0 bridgehead atoms. The highest BCUT2D eigenvalue weighted by Crippen LogP contribution is 2.27.